The van der Waals surface area contributed by atoms with Crippen molar-refractivity contribution in [3.8, 4) is 0 Å². The van der Waals surface area contributed by atoms with E-state index in [9.17, 15) is 10.2 Å². The van der Waals surface area contributed by atoms with Gasteiger partial charge >= 0.3 is 0 Å². The Labute approximate surface area is 167 Å². The van der Waals surface area contributed by atoms with Crippen LogP contribution >= 0.6 is 0 Å². The number of rotatable bonds is 9. The van der Waals surface area contributed by atoms with Crippen molar-refractivity contribution in [2.75, 3.05) is 0 Å². The molecule has 0 spiro atoms. The summed E-state index contributed by atoms with van der Waals surface area (Å²) in [5.41, 5.74) is 3.13. The zero-order valence-electron chi connectivity index (χ0n) is 16.4. The summed E-state index contributed by atoms with van der Waals surface area (Å²) in [4.78, 5) is 2.27. The molecule has 0 saturated heterocycles. The summed E-state index contributed by atoms with van der Waals surface area (Å²) in [6, 6.07) is 29.8. The molecule has 0 amide bonds. The van der Waals surface area contributed by atoms with E-state index < -0.39 is 12.2 Å². The van der Waals surface area contributed by atoms with Crippen LogP contribution in [0.25, 0.3) is 0 Å². The second-order valence-electron chi connectivity index (χ2n) is 7.20. The molecule has 3 aromatic carbocycles. The van der Waals surface area contributed by atoms with Gasteiger partial charge in [-0.3, -0.25) is 4.90 Å². The van der Waals surface area contributed by atoms with E-state index in [1.54, 1.807) is 0 Å². The molecule has 146 valence electrons. The van der Waals surface area contributed by atoms with Crippen LogP contribution < -0.4 is 0 Å². The summed E-state index contributed by atoms with van der Waals surface area (Å²) in [7, 11) is 0. The molecule has 3 atom stereocenters. The van der Waals surface area contributed by atoms with E-state index in [0.29, 0.717) is 13.1 Å². The van der Waals surface area contributed by atoms with E-state index >= 15 is 0 Å². The summed E-state index contributed by atoms with van der Waals surface area (Å²) in [6.45, 7) is 3.49. The molecule has 0 heterocycles. The number of hydrogen-bond donors (Lipinski definition) is 2. The Bertz CT molecular complexity index is 766. The highest BCUT2D eigenvalue weighted by molar-refractivity contribution is 5.20. The second kappa shape index (κ2) is 10.2. The van der Waals surface area contributed by atoms with Gasteiger partial charge in [-0.1, -0.05) is 97.9 Å². The Balaban J connectivity index is 1.84. The fraction of sp³-hybridized carbons (Fsp3) is 0.280. The van der Waals surface area contributed by atoms with Crippen molar-refractivity contribution in [1.82, 2.24) is 4.90 Å². The van der Waals surface area contributed by atoms with E-state index in [2.05, 4.69) is 36.1 Å². The summed E-state index contributed by atoms with van der Waals surface area (Å²) < 4.78 is 0. The molecule has 3 heteroatoms. The topological polar surface area (TPSA) is 43.7 Å². The van der Waals surface area contributed by atoms with Crippen LogP contribution in [0, 0.1) is 0 Å². The Kier molecular flexibility index (Phi) is 7.38. The molecule has 0 aliphatic carbocycles. The predicted molar refractivity (Wildman–Crippen MR) is 114 cm³/mol. The van der Waals surface area contributed by atoms with Crippen LogP contribution in [0.1, 0.15) is 36.1 Å². The van der Waals surface area contributed by atoms with Gasteiger partial charge in [0, 0.05) is 19.1 Å². The molecule has 0 aromatic heterocycles. The Morgan fingerprint density at radius 2 is 1.11 bits per heavy atom. The van der Waals surface area contributed by atoms with Crippen LogP contribution in [0.15, 0.2) is 91.0 Å². The molecule has 0 bridgehead atoms. The number of nitrogens with zero attached hydrogens (tertiary/aromatic N) is 1. The average molecular weight is 376 g/mol. The Hall–Kier alpha value is -2.46. The normalized spacial score (nSPS) is 14.6. The first-order valence-corrected chi connectivity index (χ1v) is 9.92. The third kappa shape index (κ3) is 5.29. The van der Waals surface area contributed by atoms with Crippen LogP contribution in [-0.2, 0) is 13.1 Å². The van der Waals surface area contributed by atoms with Gasteiger partial charge in [-0.2, -0.15) is 0 Å². The lowest BCUT2D eigenvalue weighted by Crippen LogP contribution is -2.45. The molecule has 0 aliphatic rings. The lowest BCUT2D eigenvalue weighted by Gasteiger charge is -2.36. The fourth-order valence-corrected chi connectivity index (χ4v) is 3.70. The van der Waals surface area contributed by atoms with Gasteiger partial charge in [0.25, 0.3) is 0 Å². The molecule has 0 unspecified atom stereocenters. The van der Waals surface area contributed by atoms with Gasteiger partial charge in [-0.25, -0.2) is 0 Å². The van der Waals surface area contributed by atoms with Crippen LogP contribution in [0.3, 0.4) is 0 Å². The standard InChI is InChI=1S/C25H29NO2/c1-2-23(25(28)24(27)22-16-10-5-11-17-22)26(18-20-12-6-3-7-13-20)19-21-14-8-4-9-15-21/h3-17,23-25,27-28H,2,18-19H2,1H3/t23-,24+,25+/m1/s1. The first-order chi connectivity index (χ1) is 13.7. The number of hydrogen-bond acceptors (Lipinski definition) is 3. The SMILES string of the molecule is CC[C@H]([C@H](O)[C@@H](O)c1ccccc1)N(Cc1ccccc1)Cc1ccccc1. The average Bonchev–Trinajstić information content (AvgIpc) is 2.75. The molecule has 2 N–H and O–H groups in total. The van der Waals surface area contributed by atoms with Gasteiger partial charge in [0.15, 0.2) is 0 Å². The summed E-state index contributed by atoms with van der Waals surface area (Å²) in [5.74, 6) is 0. The van der Waals surface area contributed by atoms with Crippen LogP contribution in [0.2, 0.25) is 0 Å². The lowest BCUT2D eigenvalue weighted by atomic mass is 9.95. The van der Waals surface area contributed by atoms with Crippen molar-refractivity contribution >= 4 is 0 Å². The number of benzene rings is 3. The number of aliphatic hydroxyl groups excluding tert-OH is 2. The molecule has 0 aliphatic heterocycles. The lowest BCUT2D eigenvalue weighted by molar-refractivity contribution is -0.0464. The monoisotopic (exact) mass is 375 g/mol. The van der Waals surface area contributed by atoms with E-state index in [-0.39, 0.29) is 6.04 Å². The molecular weight excluding hydrogens is 346 g/mol. The van der Waals surface area contributed by atoms with Crippen molar-refractivity contribution < 1.29 is 10.2 Å². The highest BCUT2D eigenvalue weighted by atomic mass is 16.3. The Morgan fingerprint density at radius 3 is 1.54 bits per heavy atom. The third-order valence-corrected chi connectivity index (χ3v) is 5.20. The zero-order valence-corrected chi connectivity index (χ0v) is 16.4. The molecule has 28 heavy (non-hydrogen) atoms. The van der Waals surface area contributed by atoms with Gasteiger partial charge in [-0.05, 0) is 23.1 Å². The smallest absolute Gasteiger partial charge is 0.106 e. The number of aliphatic hydroxyl groups is 2. The molecule has 0 fully saturated rings. The highest BCUT2D eigenvalue weighted by Crippen LogP contribution is 2.25. The van der Waals surface area contributed by atoms with Crippen molar-refractivity contribution in [2.24, 2.45) is 0 Å². The molecule has 0 saturated carbocycles. The van der Waals surface area contributed by atoms with Gasteiger partial charge in [0.1, 0.15) is 6.10 Å². The van der Waals surface area contributed by atoms with Crippen molar-refractivity contribution in [1.29, 1.82) is 0 Å². The van der Waals surface area contributed by atoms with E-state index in [4.69, 9.17) is 0 Å². The summed E-state index contributed by atoms with van der Waals surface area (Å²) >= 11 is 0. The van der Waals surface area contributed by atoms with Crippen molar-refractivity contribution in [3.05, 3.63) is 108 Å². The van der Waals surface area contributed by atoms with Gasteiger partial charge in [0.05, 0.1) is 6.10 Å². The van der Waals surface area contributed by atoms with E-state index in [0.717, 1.165) is 12.0 Å². The van der Waals surface area contributed by atoms with E-state index in [1.807, 2.05) is 66.7 Å². The second-order valence-corrected chi connectivity index (χ2v) is 7.20. The quantitative estimate of drug-likeness (QED) is 0.576. The van der Waals surface area contributed by atoms with Gasteiger partial charge in [-0.15, -0.1) is 0 Å². The summed E-state index contributed by atoms with van der Waals surface area (Å²) in [5, 5.41) is 21.9. The Morgan fingerprint density at radius 1 is 0.679 bits per heavy atom. The van der Waals surface area contributed by atoms with Crippen LogP contribution in [-0.4, -0.2) is 27.3 Å². The molecule has 0 radical (unpaired) electrons. The maximum absolute atomic E-state index is 11.1. The first-order valence-electron chi connectivity index (χ1n) is 9.92. The molecule has 3 nitrogen and oxygen atoms in total. The van der Waals surface area contributed by atoms with Crippen molar-refractivity contribution in [3.63, 3.8) is 0 Å². The molecule has 3 rings (SSSR count). The van der Waals surface area contributed by atoms with Crippen LogP contribution in [0.4, 0.5) is 0 Å². The highest BCUT2D eigenvalue weighted by Gasteiger charge is 2.31. The zero-order chi connectivity index (χ0) is 19.8. The largest absolute Gasteiger partial charge is 0.388 e. The maximum Gasteiger partial charge on any atom is 0.106 e. The van der Waals surface area contributed by atoms with Crippen LogP contribution in [0.5, 0.6) is 0 Å². The van der Waals surface area contributed by atoms with Gasteiger partial charge < -0.3 is 10.2 Å². The van der Waals surface area contributed by atoms with Gasteiger partial charge in [0.2, 0.25) is 0 Å². The fourth-order valence-electron chi connectivity index (χ4n) is 3.70. The summed E-state index contributed by atoms with van der Waals surface area (Å²) in [6.07, 6.45) is -1.05. The first kappa shape index (κ1) is 20.3. The minimum absolute atomic E-state index is 0.171. The minimum Gasteiger partial charge on any atom is -0.388 e. The third-order valence-electron chi connectivity index (χ3n) is 5.20. The minimum atomic E-state index is -0.916. The van der Waals surface area contributed by atoms with Crippen molar-refractivity contribution in [2.45, 2.75) is 44.7 Å². The molecule has 3 aromatic rings. The molecular formula is C25H29NO2. The maximum atomic E-state index is 11.1. The predicted octanol–water partition coefficient (Wildman–Crippen LogP) is 4.56. The van der Waals surface area contributed by atoms with E-state index in [1.165, 1.54) is 11.1 Å².